The summed E-state index contributed by atoms with van der Waals surface area (Å²) in [5.41, 5.74) is 3.76. The molecule has 2 aliphatic heterocycles. The summed E-state index contributed by atoms with van der Waals surface area (Å²) in [5.74, 6) is -1.31. The van der Waals surface area contributed by atoms with Crippen LogP contribution < -0.4 is 0 Å². The van der Waals surface area contributed by atoms with Crippen LogP contribution in [0.25, 0.3) is 5.76 Å². The van der Waals surface area contributed by atoms with Crippen molar-refractivity contribution in [1.29, 1.82) is 0 Å². The van der Waals surface area contributed by atoms with Gasteiger partial charge in [0.1, 0.15) is 5.76 Å². The van der Waals surface area contributed by atoms with Crippen molar-refractivity contribution in [2.24, 2.45) is 0 Å². The molecule has 0 bridgehead atoms. The molecule has 1 atom stereocenters. The highest BCUT2D eigenvalue weighted by Gasteiger charge is 2.46. The highest BCUT2D eigenvalue weighted by atomic mass is 16.5. The fourth-order valence-electron chi connectivity index (χ4n) is 4.33. The molecule has 1 amide bonds. The number of carbonyl (C=O) groups is 2. The first-order valence-corrected chi connectivity index (χ1v) is 11.2. The van der Waals surface area contributed by atoms with Gasteiger partial charge in [-0.15, -0.1) is 0 Å². The van der Waals surface area contributed by atoms with E-state index >= 15 is 0 Å². The van der Waals surface area contributed by atoms with E-state index in [9.17, 15) is 14.7 Å². The molecule has 2 aromatic rings. The molecule has 168 valence electrons. The Morgan fingerprint density at radius 3 is 2.28 bits per heavy atom. The SMILES string of the molecule is CCc1ccc([C@@H]2C(=C(O)c3ccc(C)cc3)C(=O)C(=O)N2CCN2CCOCC2)cc1. The number of rotatable bonds is 6. The van der Waals surface area contributed by atoms with Gasteiger partial charge in [0.25, 0.3) is 11.7 Å². The maximum Gasteiger partial charge on any atom is 0.295 e. The van der Waals surface area contributed by atoms with E-state index in [4.69, 9.17) is 4.74 Å². The number of aliphatic hydroxyl groups is 1. The topological polar surface area (TPSA) is 70.1 Å². The lowest BCUT2D eigenvalue weighted by molar-refractivity contribution is -0.140. The highest BCUT2D eigenvalue weighted by molar-refractivity contribution is 6.46. The van der Waals surface area contributed by atoms with E-state index in [1.165, 1.54) is 5.56 Å². The lowest BCUT2D eigenvalue weighted by atomic mass is 9.94. The zero-order valence-electron chi connectivity index (χ0n) is 18.7. The first kappa shape index (κ1) is 22.2. The zero-order valence-corrected chi connectivity index (χ0v) is 18.7. The molecule has 0 spiro atoms. The number of amides is 1. The van der Waals surface area contributed by atoms with E-state index in [1.54, 1.807) is 17.0 Å². The van der Waals surface area contributed by atoms with E-state index < -0.39 is 17.7 Å². The second-order valence-corrected chi connectivity index (χ2v) is 8.41. The van der Waals surface area contributed by atoms with Crippen LogP contribution in [0.3, 0.4) is 0 Å². The first-order valence-electron chi connectivity index (χ1n) is 11.2. The van der Waals surface area contributed by atoms with E-state index in [0.29, 0.717) is 31.9 Å². The van der Waals surface area contributed by atoms with Crippen LogP contribution in [0.4, 0.5) is 0 Å². The molecular formula is C26H30N2O4. The van der Waals surface area contributed by atoms with Crippen LogP contribution in [-0.4, -0.2) is 66.0 Å². The summed E-state index contributed by atoms with van der Waals surface area (Å²) in [6.07, 6.45) is 0.904. The third-order valence-corrected chi connectivity index (χ3v) is 6.33. The number of benzene rings is 2. The van der Waals surface area contributed by atoms with Crippen LogP contribution in [-0.2, 0) is 20.7 Å². The van der Waals surface area contributed by atoms with E-state index in [0.717, 1.165) is 30.6 Å². The largest absolute Gasteiger partial charge is 0.507 e. The first-order chi connectivity index (χ1) is 15.5. The number of carbonyl (C=O) groups excluding carboxylic acids is 2. The Morgan fingerprint density at radius 2 is 1.66 bits per heavy atom. The van der Waals surface area contributed by atoms with Crippen LogP contribution in [0.15, 0.2) is 54.1 Å². The number of ketones is 1. The van der Waals surface area contributed by atoms with Crippen molar-refractivity contribution in [3.8, 4) is 0 Å². The molecule has 2 fully saturated rings. The van der Waals surface area contributed by atoms with Gasteiger partial charge in [-0.25, -0.2) is 0 Å². The third kappa shape index (κ3) is 4.47. The number of hydrogen-bond donors (Lipinski definition) is 1. The molecule has 0 saturated carbocycles. The van der Waals surface area contributed by atoms with Gasteiger partial charge in [-0.1, -0.05) is 61.0 Å². The average Bonchev–Trinajstić information content (AvgIpc) is 3.08. The predicted molar refractivity (Wildman–Crippen MR) is 123 cm³/mol. The molecule has 6 heteroatoms. The monoisotopic (exact) mass is 434 g/mol. The van der Waals surface area contributed by atoms with Crippen LogP contribution in [0, 0.1) is 6.92 Å². The fourth-order valence-corrected chi connectivity index (χ4v) is 4.33. The molecule has 0 unspecified atom stereocenters. The number of morpholine rings is 1. The summed E-state index contributed by atoms with van der Waals surface area (Å²) >= 11 is 0. The summed E-state index contributed by atoms with van der Waals surface area (Å²) in [5, 5.41) is 11.1. The summed E-state index contributed by atoms with van der Waals surface area (Å²) < 4.78 is 5.41. The van der Waals surface area contributed by atoms with E-state index in [2.05, 4.69) is 11.8 Å². The number of hydrogen-bond acceptors (Lipinski definition) is 5. The normalized spacial score (nSPS) is 21.3. The van der Waals surface area contributed by atoms with Gasteiger partial charge in [0.05, 0.1) is 24.8 Å². The minimum Gasteiger partial charge on any atom is -0.507 e. The molecule has 1 N–H and O–H groups in total. The van der Waals surface area contributed by atoms with Crippen LogP contribution in [0.5, 0.6) is 0 Å². The molecule has 2 saturated heterocycles. The Morgan fingerprint density at radius 1 is 1.00 bits per heavy atom. The van der Waals surface area contributed by atoms with Gasteiger partial charge in [-0.05, 0) is 24.5 Å². The van der Waals surface area contributed by atoms with E-state index in [1.807, 2.05) is 43.3 Å². The van der Waals surface area contributed by atoms with Crippen LogP contribution in [0.1, 0.15) is 35.2 Å². The molecule has 4 rings (SSSR count). The van der Waals surface area contributed by atoms with Crippen molar-refractivity contribution in [2.45, 2.75) is 26.3 Å². The Bertz CT molecular complexity index is 1010. The van der Waals surface area contributed by atoms with Gasteiger partial charge in [0.15, 0.2) is 0 Å². The summed E-state index contributed by atoms with van der Waals surface area (Å²) in [7, 11) is 0. The Balaban J connectivity index is 1.72. The fraction of sp³-hybridized carbons (Fsp3) is 0.385. The Kier molecular flexibility index (Phi) is 6.72. The zero-order chi connectivity index (χ0) is 22.7. The molecule has 0 radical (unpaired) electrons. The molecule has 2 heterocycles. The lowest BCUT2D eigenvalue weighted by Gasteiger charge is -2.31. The molecule has 2 aliphatic rings. The van der Waals surface area contributed by atoms with Gasteiger partial charge >= 0.3 is 0 Å². The minimum atomic E-state index is -0.630. The second kappa shape index (κ2) is 9.67. The maximum absolute atomic E-state index is 13.1. The number of aryl methyl sites for hydroxylation is 2. The van der Waals surface area contributed by atoms with Crippen molar-refractivity contribution < 1.29 is 19.4 Å². The van der Waals surface area contributed by atoms with Crippen molar-refractivity contribution in [3.05, 3.63) is 76.4 Å². The average molecular weight is 435 g/mol. The summed E-state index contributed by atoms with van der Waals surface area (Å²) in [6, 6.07) is 14.7. The lowest BCUT2D eigenvalue weighted by Crippen LogP contribution is -2.42. The number of likely N-dealkylation sites (tertiary alicyclic amines) is 1. The standard InChI is InChI=1S/C26H30N2O4/c1-3-19-6-10-20(11-7-19)23-22(24(29)21-8-4-18(2)5-9-21)25(30)26(31)28(23)13-12-27-14-16-32-17-15-27/h4-11,23,29H,3,12-17H2,1-2H3/t23-/m1/s1. The number of aliphatic hydroxyl groups excluding tert-OH is 1. The molecule has 0 aromatic heterocycles. The summed E-state index contributed by atoms with van der Waals surface area (Å²) in [4.78, 5) is 30.0. The van der Waals surface area contributed by atoms with Crippen LogP contribution in [0.2, 0.25) is 0 Å². The molecule has 32 heavy (non-hydrogen) atoms. The van der Waals surface area contributed by atoms with Crippen molar-refractivity contribution >= 4 is 17.4 Å². The van der Waals surface area contributed by atoms with E-state index in [-0.39, 0.29) is 11.3 Å². The maximum atomic E-state index is 13.1. The van der Waals surface area contributed by atoms with Crippen LogP contribution >= 0.6 is 0 Å². The number of ether oxygens (including phenoxy) is 1. The highest BCUT2D eigenvalue weighted by Crippen LogP contribution is 2.39. The molecular weight excluding hydrogens is 404 g/mol. The quantitative estimate of drug-likeness (QED) is 0.429. The van der Waals surface area contributed by atoms with Crippen molar-refractivity contribution in [2.75, 3.05) is 39.4 Å². The molecule has 6 nitrogen and oxygen atoms in total. The van der Waals surface area contributed by atoms with Gasteiger partial charge in [0, 0.05) is 31.7 Å². The molecule has 2 aromatic carbocycles. The number of Topliss-reactive ketones (excluding diaryl/α,β-unsaturated/α-hetero) is 1. The van der Waals surface area contributed by atoms with Gasteiger partial charge in [-0.3, -0.25) is 14.5 Å². The Hall–Kier alpha value is -2.96. The minimum absolute atomic E-state index is 0.123. The molecule has 0 aliphatic carbocycles. The summed E-state index contributed by atoms with van der Waals surface area (Å²) in [6.45, 7) is 8.08. The number of nitrogens with zero attached hydrogens (tertiary/aromatic N) is 2. The van der Waals surface area contributed by atoms with Gasteiger partial charge < -0.3 is 14.7 Å². The van der Waals surface area contributed by atoms with Gasteiger partial charge in [-0.2, -0.15) is 0 Å². The van der Waals surface area contributed by atoms with Gasteiger partial charge in [0.2, 0.25) is 0 Å². The van der Waals surface area contributed by atoms with Crippen molar-refractivity contribution in [1.82, 2.24) is 9.80 Å². The van der Waals surface area contributed by atoms with Crippen molar-refractivity contribution in [3.63, 3.8) is 0 Å². The predicted octanol–water partition coefficient (Wildman–Crippen LogP) is 3.31. The second-order valence-electron chi connectivity index (χ2n) is 8.41. The third-order valence-electron chi connectivity index (χ3n) is 6.33. The Labute approximate surface area is 189 Å². The smallest absolute Gasteiger partial charge is 0.295 e.